The highest BCUT2D eigenvalue weighted by Crippen LogP contribution is 2.39. The zero-order valence-electron chi connectivity index (χ0n) is 11.6. The topological polar surface area (TPSA) is 26.3 Å². The molecule has 0 saturated carbocycles. The van der Waals surface area contributed by atoms with Crippen LogP contribution in [0.4, 0.5) is 0 Å². The summed E-state index contributed by atoms with van der Waals surface area (Å²) in [6.07, 6.45) is 0. The van der Waals surface area contributed by atoms with Crippen LogP contribution in [-0.4, -0.2) is 6.47 Å². The predicted molar refractivity (Wildman–Crippen MR) is 70.5 cm³/mol. The average Bonchev–Trinajstić information content (AvgIpc) is 2.15. The van der Waals surface area contributed by atoms with Crippen LogP contribution >= 0.6 is 0 Å². The van der Waals surface area contributed by atoms with Crippen molar-refractivity contribution in [2.75, 3.05) is 0 Å². The minimum absolute atomic E-state index is 0.0421. The first-order chi connectivity index (χ1) is 7.68. The van der Waals surface area contributed by atoms with E-state index in [0.717, 1.165) is 11.1 Å². The lowest BCUT2D eigenvalue weighted by atomic mass is 9.79. The van der Waals surface area contributed by atoms with Gasteiger partial charge in [-0.2, -0.15) is 0 Å². The Bertz CT molecular complexity index is 374. The Kier molecular flexibility index (Phi) is 3.65. The van der Waals surface area contributed by atoms with Crippen molar-refractivity contribution in [2.24, 2.45) is 0 Å². The van der Waals surface area contributed by atoms with Gasteiger partial charge in [-0.3, -0.25) is 4.79 Å². The van der Waals surface area contributed by atoms with Crippen molar-refractivity contribution in [3.8, 4) is 5.75 Å². The normalized spacial score (nSPS) is 12.4. The third-order valence-corrected chi connectivity index (χ3v) is 2.80. The molecule has 0 radical (unpaired) electrons. The molecular weight excluding hydrogens is 212 g/mol. The van der Waals surface area contributed by atoms with Gasteiger partial charge in [0.15, 0.2) is 0 Å². The van der Waals surface area contributed by atoms with Crippen molar-refractivity contribution in [3.63, 3.8) is 0 Å². The van der Waals surface area contributed by atoms with E-state index in [0.29, 0.717) is 12.2 Å². The Morgan fingerprint density at radius 3 is 1.65 bits per heavy atom. The van der Waals surface area contributed by atoms with Crippen molar-refractivity contribution in [1.82, 2.24) is 0 Å². The summed E-state index contributed by atoms with van der Waals surface area (Å²) in [7, 11) is 0. The molecule has 0 bridgehead atoms. The summed E-state index contributed by atoms with van der Waals surface area (Å²) in [5.41, 5.74) is 2.05. The average molecular weight is 234 g/mol. The third kappa shape index (κ3) is 3.09. The van der Waals surface area contributed by atoms with Crippen molar-refractivity contribution in [1.29, 1.82) is 0 Å². The van der Waals surface area contributed by atoms with Gasteiger partial charge in [0.05, 0.1) is 0 Å². The number of para-hydroxylation sites is 1. The molecule has 0 spiro atoms. The summed E-state index contributed by atoms with van der Waals surface area (Å²) >= 11 is 0. The molecule has 2 nitrogen and oxygen atoms in total. The molecule has 1 rings (SSSR count). The smallest absolute Gasteiger partial charge is 0.298 e. The number of carbonyl (C=O) groups is 1. The highest BCUT2D eigenvalue weighted by Gasteiger charge is 2.26. The summed E-state index contributed by atoms with van der Waals surface area (Å²) in [6, 6.07) is 6.07. The Morgan fingerprint density at radius 1 is 0.941 bits per heavy atom. The van der Waals surface area contributed by atoms with Gasteiger partial charge in [-0.15, -0.1) is 0 Å². The van der Waals surface area contributed by atoms with Crippen LogP contribution in [0.15, 0.2) is 18.2 Å². The lowest BCUT2D eigenvalue weighted by Crippen LogP contribution is -2.19. The number of ether oxygens (including phenoxy) is 1. The van der Waals surface area contributed by atoms with E-state index in [1.54, 1.807) is 0 Å². The third-order valence-electron chi connectivity index (χ3n) is 2.80. The maximum Gasteiger partial charge on any atom is 0.298 e. The van der Waals surface area contributed by atoms with Crippen LogP contribution in [0.25, 0.3) is 0 Å². The van der Waals surface area contributed by atoms with E-state index >= 15 is 0 Å². The lowest BCUT2D eigenvalue weighted by Gasteiger charge is -2.28. The Labute approximate surface area is 104 Å². The first kappa shape index (κ1) is 13.8. The monoisotopic (exact) mass is 234 g/mol. The van der Waals surface area contributed by atoms with Gasteiger partial charge in [-0.1, -0.05) is 59.7 Å². The maximum atomic E-state index is 10.7. The summed E-state index contributed by atoms with van der Waals surface area (Å²) in [4.78, 5) is 10.7. The fourth-order valence-corrected chi connectivity index (χ4v) is 1.89. The van der Waals surface area contributed by atoms with Crippen LogP contribution in [0.5, 0.6) is 5.75 Å². The molecule has 0 heterocycles. The van der Waals surface area contributed by atoms with Crippen LogP contribution in [0.3, 0.4) is 0 Å². The maximum absolute atomic E-state index is 10.7. The van der Waals surface area contributed by atoms with Crippen molar-refractivity contribution in [2.45, 2.75) is 52.4 Å². The van der Waals surface area contributed by atoms with Gasteiger partial charge >= 0.3 is 0 Å². The molecule has 1 aromatic carbocycles. The fraction of sp³-hybridized carbons (Fsp3) is 0.533. The molecule has 0 atom stereocenters. The quantitative estimate of drug-likeness (QED) is 0.727. The Balaban J connectivity index is 3.48. The van der Waals surface area contributed by atoms with Gasteiger partial charge in [0.25, 0.3) is 6.47 Å². The summed E-state index contributed by atoms with van der Waals surface area (Å²) in [5.74, 6) is 0.711. The van der Waals surface area contributed by atoms with Gasteiger partial charge in [0.1, 0.15) is 5.75 Å². The Hall–Kier alpha value is -1.31. The van der Waals surface area contributed by atoms with Crippen LogP contribution in [-0.2, 0) is 15.6 Å². The molecule has 0 aromatic heterocycles. The van der Waals surface area contributed by atoms with Gasteiger partial charge in [-0.25, -0.2) is 0 Å². The molecular formula is C15H22O2. The Morgan fingerprint density at radius 2 is 1.35 bits per heavy atom. The van der Waals surface area contributed by atoms with Gasteiger partial charge in [0, 0.05) is 11.1 Å². The molecule has 0 aliphatic heterocycles. The second-order valence-corrected chi connectivity index (χ2v) is 6.40. The fourth-order valence-electron chi connectivity index (χ4n) is 1.89. The highest BCUT2D eigenvalue weighted by molar-refractivity contribution is 5.55. The van der Waals surface area contributed by atoms with E-state index in [1.165, 1.54) is 0 Å². The number of rotatable bonds is 2. The van der Waals surface area contributed by atoms with Crippen LogP contribution < -0.4 is 4.74 Å². The van der Waals surface area contributed by atoms with E-state index in [9.17, 15) is 4.79 Å². The van der Waals surface area contributed by atoms with E-state index in [1.807, 2.05) is 18.2 Å². The number of carbonyl (C=O) groups excluding carboxylic acids is 1. The standard InChI is InChI=1S/C15H22O2/c1-14(2,3)11-8-7-9-12(15(4,5)6)13(11)17-10-16/h7-10H,1-6H3. The second kappa shape index (κ2) is 4.52. The molecule has 94 valence electrons. The lowest BCUT2D eigenvalue weighted by molar-refractivity contribution is -0.120. The van der Waals surface area contributed by atoms with Crippen LogP contribution in [0.2, 0.25) is 0 Å². The molecule has 17 heavy (non-hydrogen) atoms. The first-order valence-electron chi connectivity index (χ1n) is 5.92. The second-order valence-electron chi connectivity index (χ2n) is 6.40. The first-order valence-corrected chi connectivity index (χ1v) is 5.92. The molecule has 0 saturated heterocycles. The van der Waals surface area contributed by atoms with E-state index in [4.69, 9.17) is 4.74 Å². The molecule has 0 amide bonds. The van der Waals surface area contributed by atoms with Gasteiger partial charge in [-0.05, 0) is 10.8 Å². The molecule has 0 N–H and O–H groups in total. The zero-order valence-corrected chi connectivity index (χ0v) is 11.6. The molecule has 0 unspecified atom stereocenters. The largest absolute Gasteiger partial charge is 0.428 e. The molecule has 2 heteroatoms. The SMILES string of the molecule is CC(C)(C)c1cccc(C(C)(C)C)c1OC=O. The molecule has 1 aromatic rings. The molecule has 0 aliphatic carbocycles. The molecule has 0 aliphatic rings. The minimum Gasteiger partial charge on any atom is -0.428 e. The molecule has 0 fully saturated rings. The van der Waals surface area contributed by atoms with Crippen molar-refractivity contribution in [3.05, 3.63) is 29.3 Å². The van der Waals surface area contributed by atoms with E-state index in [2.05, 4.69) is 41.5 Å². The predicted octanol–water partition coefficient (Wildman–Crippen LogP) is 3.82. The van der Waals surface area contributed by atoms with Crippen molar-refractivity contribution >= 4 is 6.47 Å². The minimum atomic E-state index is -0.0421. The summed E-state index contributed by atoms with van der Waals surface area (Å²) in [5, 5.41) is 0. The number of benzene rings is 1. The zero-order chi connectivity index (χ0) is 13.3. The van der Waals surface area contributed by atoms with Crippen LogP contribution in [0, 0.1) is 0 Å². The highest BCUT2D eigenvalue weighted by atomic mass is 16.5. The van der Waals surface area contributed by atoms with E-state index in [-0.39, 0.29) is 10.8 Å². The van der Waals surface area contributed by atoms with Crippen LogP contribution in [0.1, 0.15) is 52.7 Å². The number of hydrogen-bond donors (Lipinski definition) is 0. The van der Waals surface area contributed by atoms with E-state index < -0.39 is 0 Å². The summed E-state index contributed by atoms with van der Waals surface area (Å²) < 4.78 is 5.24. The number of hydrogen-bond acceptors (Lipinski definition) is 2. The van der Waals surface area contributed by atoms with Gasteiger partial charge < -0.3 is 4.74 Å². The van der Waals surface area contributed by atoms with Crippen molar-refractivity contribution < 1.29 is 9.53 Å². The van der Waals surface area contributed by atoms with Gasteiger partial charge in [0.2, 0.25) is 0 Å². The summed E-state index contributed by atoms with van der Waals surface area (Å²) in [6.45, 7) is 13.2.